The number of anilines is 3. The number of benzene rings is 2. The number of hydrogen-bond acceptors (Lipinski definition) is 9. The van der Waals surface area contributed by atoms with Crippen molar-refractivity contribution in [2.24, 2.45) is 5.10 Å². The second kappa shape index (κ2) is 9.02. The number of rotatable bonds is 6. The second-order valence-electron chi connectivity index (χ2n) is 6.87. The Labute approximate surface area is 191 Å². The number of halogens is 1. The van der Waals surface area contributed by atoms with Crippen LogP contribution in [0.4, 0.5) is 17.6 Å². The van der Waals surface area contributed by atoms with Crippen molar-refractivity contribution in [1.82, 2.24) is 24.7 Å². The van der Waals surface area contributed by atoms with Gasteiger partial charge in [-0.25, -0.2) is 10.1 Å². The van der Waals surface area contributed by atoms with Crippen LogP contribution in [0.5, 0.6) is 11.5 Å². The molecule has 11 heteroatoms. The molecule has 0 saturated carbocycles. The predicted octanol–water partition coefficient (Wildman–Crippen LogP) is 4.04. The number of aryl methyl sites for hydroxylation is 2. The summed E-state index contributed by atoms with van der Waals surface area (Å²) in [5.74, 6) is 0.650. The lowest BCUT2D eigenvalue weighted by molar-refractivity contribution is 0.450. The first-order valence-electron chi connectivity index (χ1n) is 9.51. The zero-order chi connectivity index (χ0) is 22.7. The molecule has 0 spiro atoms. The third-order valence-corrected chi connectivity index (χ3v) is 4.83. The molecule has 10 nitrogen and oxygen atoms in total. The van der Waals surface area contributed by atoms with Crippen molar-refractivity contribution in [3.63, 3.8) is 0 Å². The van der Waals surface area contributed by atoms with Gasteiger partial charge in [0.2, 0.25) is 11.9 Å². The highest BCUT2D eigenvalue weighted by Crippen LogP contribution is 2.21. The minimum atomic E-state index is -0.105. The summed E-state index contributed by atoms with van der Waals surface area (Å²) in [6, 6.07) is 13.7. The minimum Gasteiger partial charge on any atom is -0.508 e. The lowest BCUT2D eigenvalue weighted by atomic mass is 10.2. The van der Waals surface area contributed by atoms with Crippen molar-refractivity contribution in [3.8, 4) is 17.4 Å². The summed E-state index contributed by atoms with van der Waals surface area (Å²) < 4.78 is 2.57. The van der Waals surface area contributed by atoms with Gasteiger partial charge in [-0.3, -0.25) is 0 Å². The summed E-state index contributed by atoms with van der Waals surface area (Å²) in [6.45, 7) is 3.80. The monoisotopic (exact) mass is 494 g/mol. The van der Waals surface area contributed by atoms with E-state index >= 15 is 0 Å². The van der Waals surface area contributed by atoms with Crippen LogP contribution in [-0.4, -0.2) is 41.2 Å². The molecule has 0 radical (unpaired) electrons. The van der Waals surface area contributed by atoms with Crippen molar-refractivity contribution in [1.29, 1.82) is 0 Å². The van der Waals surface area contributed by atoms with Crippen LogP contribution in [0, 0.1) is 13.8 Å². The molecular formula is C21H19BrN8O2. The van der Waals surface area contributed by atoms with Crippen molar-refractivity contribution >= 4 is 39.7 Å². The van der Waals surface area contributed by atoms with E-state index in [1.54, 1.807) is 4.68 Å². The molecule has 2 aromatic heterocycles. The molecule has 4 rings (SSSR count). The van der Waals surface area contributed by atoms with E-state index in [2.05, 4.69) is 51.8 Å². The molecule has 0 unspecified atom stereocenters. The minimum absolute atomic E-state index is 0.0386. The van der Waals surface area contributed by atoms with Crippen molar-refractivity contribution in [2.45, 2.75) is 13.8 Å². The fourth-order valence-electron chi connectivity index (χ4n) is 2.86. The molecule has 0 fully saturated rings. The Hall–Kier alpha value is -3.99. The SMILES string of the molecule is Cc1cc(C)n(-c2nc(NN=Cc3ccc(O)cc3O)nc(Nc3ccc(Br)cc3)n2)n1. The molecule has 4 N–H and O–H groups in total. The number of aromatic hydroxyl groups is 2. The summed E-state index contributed by atoms with van der Waals surface area (Å²) in [5.41, 5.74) is 5.66. The summed E-state index contributed by atoms with van der Waals surface area (Å²) in [7, 11) is 0. The van der Waals surface area contributed by atoms with Gasteiger partial charge < -0.3 is 15.5 Å². The number of hydrogen-bond donors (Lipinski definition) is 4. The average molecular weight is 495 g/mol. The highest BCUT2D eigenvalue weighted by molar-refractivity contribution is 9.10. The third-order valence-electron chi connectivity index (χ3n) is 4.31. The van der Waals surface area contributed by atoms with Crippen LogP contribution in [0.3, 0.4) is 0 Å². The van der Waals surface area contributed by atoms with Crippen molar-refractivity contribution in [2.75, 3.05) is 10.7 Å². The molecule has 2 aromatic carbocycles. The Kier molecular flexibility index (Phi) is 5.99. The number of nitrogens with one attached hydrogen (secondary N) is 2. The van der Waals surface area contributed by atoms with E-state index in [-0.39, 0.29) is 17.4 Å². The number of phenols is 2. The predicted molar refractivity (Wildman–Crippen MR) is 125 cm³/mol. The van der Waals surface area contributed by atoms with Crippen LogP contribution < -0.4 is 10.7 Å². The Balaban J connectivity index is 1.65. The lowest BCUT2D eigenvalue weighted by Gasteiger charge is -2.09. The molecule has 2 heterocycles. The van der Waals surface area contributed by atoms with Crippen LogP contribution in [0.15, 0.2) is 58.1 Å². The summed E-state index contributed by atoms with van der Waals surface area (Å²) in [4.78, 5) is 13.3. The van der Waals surface area contributed by atoms with Gasteiger partial charge in [-0.05, 0) is 56.3 Å². The van der Waals surface area contributed by atoms with Crippen LogP contribution in [-0.2, 0) is 0 Å². The highest BCUT2D eigenvalue weighted by Gasteiger charge is 2.12. The molecule has 32 heavy (non-hydrogen) atoms. The van der Waals surface area contributed by atoms with Crippen LogP contribution >= 0.6 is 15.9 Å². The summed E-state index contributed by atoms with van der Waals surface area (Å²) in [5, 5.41) is 31.0. The number of phenolic OH excluding ortho intramolecular Hbond substituents is 2. The smallest absolute Gasteiger partial charge is 0.257 e. The van der Waals surface area contributed by atoms with Gasteiger partial charge in [0.05, 0.1) is 11.9 Å². The molecule has 0 aliphatic carbocycles. The topological polar surface area (TPSA) is 133 Å². The Morgan fingerprint density at radius 3 is 2.41 bits per heavy atom. The summed E-state index contributed by atoms with van der Waals surface area (Å²) in [6.07, 6.45) is 1.39. The van der Waals surface area contributed by atoms with Gasteiger partial charge in [0, 0.05) is 27.5 Å². The Morgan fingerprint density at radius 1 is 0.969 bits per heavy atom. The molecular weight excluding hydrogens is 476 g/mol. The van der Waals surface area contributed by atoms with Gasteiger partial charge in [0.15, 0.2) is 0 Å². The first kappa shape index (κ1) is 21.2. The molecule has 0 amide bonds. The third kappa shape index (κ3) is 5.01. The first-order valence-corrected chi connectivity index (χ1v) is 10.3. The first-order chi connectivity index (χ1) is 15.4. The maximum absolute atomic E-state index is 9.90. The maximum atomic E-state index is 9.90. The van der Waals surface area contributed by atoms with Gasteiger partial charge in [-0.15, -0.1) is 0 Å². The molecule has 0 aliphatic heterocycles. The van der Waals surface area contributed by atoms with E-state index in [1.807, 2.05) is 44.2 Å². The average Bonchev–Trinajstić information content (AvgIpc) is 3.09. The van der Waals surface area contributed by atoms with Gasteiger partial charge >= 0.3 is 0 Å². The fraction of sp³-hybridized carbons (Fsp3) is 0.0952. The molecule has 4 aromatic rings. The van der Waals surface area contributed by atoms with Crippen LogP contribution in [0.2, 0.25) is 0 Å². The zero-order valence-electron chi connectivity index (χ0n) is 17.2. The molecule has 0 bridgehead atoms. The van der Waals surface area contributed by atoms with E-state index in [1.165, 1.54) is 24.4 Å². The van der Waals surface area contributed by atoms with Crippen molar-refractivity contribution < 1.29 is 10.2 Å². The van der Waals surface area contributed by atoms with Gasteiger partial charge in [-0.1, -0.05) is 15.9 Å². The largest absolute Gasteiger partial charge is 0.508 e. The van der Waals surface area contributed by atoms with E-state index < -0.39 is 0 Å². The van der Waals surface area contributed by atoms with Crippen molar-refractivity contribution in [3.05, 3.63) is 70.0 Å². The van der Waals surface area contributed by atoms with Gasteiger partial charge in [0.25, 0.3) is 5.95 Å². The van der Waals surface area contributed by atoms with E-state index in [0.29, 0.717) is 17.5 Å². The van der Waals surface area contributed by atoms with E-state index in [0.717, 1.165) is 21.5 Å². The van der Waals surface area contributed by atoms with E-state index in [4.69, 9.17) is 0 Å². The Bertz CT molecular complexity index is 1290. The highest BCUT2D eigenvalue weighted by atomic mass is 79.9. The maximum Gasteiger partial charge on any atom is 0.257 e. The molecule has 0 aliphatic rings. The number of nitrogens with zero attached hydrogens (tertiary/aromatic N) is 6. The zero-order valence-corrected chi connectivity index (χ0v) is 18.7. The standard InChI is InChI=1S/C21H19BrN8O2/c1-12-9-13(2)30(29-12)21-26-19(24-16-6-4-15(22)5-7-16)25-20(27-21)28-23-11-14-3-8-17(31)10-18(14)32/h3-11,31-32H,1-2H3,(H2,24,25,26,27,28). The van der Waals surface area contributed by atoms with Crippen LogP contribution in [0.25, 0.3) is 5.95 Å². The number of aromatic nitrogens is 5. The number of hydrazone groups is 1. The summed E-state index contributed by atoms with van der Waals surface area (Å²) >= 11 is 3.41. The second-order valence-corrected chi connectivity index (χ2v) is 7.78. The van der Waals surface area contributed by atoms with E-state index in [9.17, 15) is 10.2 Å². The molecule has 0 saturated heterocycles. The molecule has 0 atom stereocenters. The van der Waals surface area contributed by atoms with Gasteiger partial charge in [-0.2, -0.15) is 25.2 Å². The quantitative estimate of drug-likeness (QED) is 0.233. The molecule has 162 valence electrons. The fourth-order valence-corrected chi connectivity index (χ4v) is 3.12. The lowest BCUT2D eigenvalue weighted by Crippen LogP contribution is -2.11. The van der Waals surface area contributed by atoms with Gasteiger partial charge in [0.1, 0.15) is 11.5 Å². The normalized spacial score (nSPS) is 11.1. The Morgan fingerprint density at radius 2 is 1.72 bits per heavy atom. The van der Waals surface area contributed by atoms with Crippen LogP contribution in [0.1, 0.15) is 17.0 Å².